The zero-order chi connectivity index (χ0) is 15.2. The largest absolute Gasteiger partial charge is 0.333 e. The summed E-state index contributed by atoms with van der Waals surface area (Å²) in [6, 6.07) is 4.98. The number of aromatic nitrogens is 2. The average Bonchev–Trinajstić information content (AvgIpc) is 2.90. The van der Waals surface area contributed by atoms with Gasteiger partial charge in [0.1, 0.15) is 11.6 Å². The lowest BCUT2D eigenvalue weighted by Crippen LogP contribution is -2.27. The summed E-state index contributed by atoms with van der Waals surface area (Å²) in [5.41, 5.74) is 2.04. The van der Waals surface area contributed by atoms with Gasteiger partial charge in [-0.2, -0.15) is 0 Å². The fraction of sp³-hybridized carbons (Fsp3) is 0.471. The Morgan fingerprint density at radius 1 is 1.29 bits per heavy atom. The van der Waals surface area contributed by atoms with Crippen molar-refractivity contribution < 1.29 is 4.39 Å². The first-order valence-electron chi connectivity index (χ1n) is 7.67. The van der Waals surface area contributed by atoms with Crippen molar-refractivity contribution in [3.05, 3.63) is 53.4 Å². The van der Waals surface area contributed by atoms with Gasteiger partial charge in [-0.15, -0.1) is 0 Å². The van der Waals surface area contributed by atoms with E-state index in [1.165, 1.54) is 6.07 Å². The highest BCUT2D eigenvalue weighted by Crippen LogP contribution is 2.25. The quantitative estimate of drug-likeness (QED) is 0.839. The van der Waals surface area contributed by atoms with E-state index in [1.54, 1.807) is 6.07 Å². The molecule has 2 aromatic rings. The molecule has 21 heavy (non-hydrogen) atoms. The minimum absolute atomic E-state index is 0.00657. The average molecular weight is 289 g/mol. The van der Waals surface area contributed by atoms with E-state index in [4.69, 9.17) is 0 Å². The van der Waals surface area contributed by atoms with Gasteiger partial charge >= 0.3 is 0 Å². The van der Waals surface area contributed by atoms with Crippen LogP contribution in [0.25, 0.3) is 0 Å². The van der Waals surface area contributed by atoms with Gasteiger partial charge in [-0.25, -0.2) is 9.37 Å². The SMILES string of the molecule is CCCNC(c1ccc(F)cc1C)c1nccn1CCC. The van der Waals surface area contributed by atoms with Crippen LogP contribution in [-0.4, -0.2) is 16.1 Å². The highest BCUT2D eigenvalue weighted by atomic mass is 19.1. The Bertz CT molecular complexity index is 577. The molecule has 4 heteroatoms. The van der Waals surface area contributed by atoms with Crippen molar-refractivity contribution in [3.63, 3.8) is 0 Å². The maximum atomic E-state index is 13.4. The van der Waals surface area contributed by atoms with Crippen molar-refractivity contribution in [3.8, 4) is 0 Å². The van der Waals surface area contributed by atoms with Gasteiger partial charge in [0.25, 0.3) is 0 Å². The van der Waals surface area contributed by atoms with Gasteiger partial charge in [0.2, 0.25) is 0 Å². The highest BCUT2D eigenvalue weighted by molar-refractivity contribution is 5.33. The second-order valence-electron chi connectivity index (χ2n) is 5.37. The van der Waals surface area contributed by atoms with Crippen molar-refractivity contribution >= 4 is 0 Å². The van der Waals surface area contributed by atoms with Crippen LogP contribution in [0.4, 0.5) is 4.39 Å². The standard InChI is InChI=1S/C17H24FN3/c1-4-8-19-16(15-7-6-14(18)12-13(15)3)17-20-9-11-21(17)10-5-2/h6-7,9,11-12,16,19H,4-5,8,10H2,1-3H3. The molecule has 0 saturated heterocycles. The third-order valence-corrected chi connectivity index (χ3v) is 3.61. The Kier molecular flexibility index (Phi) is 5.51. The first-order valence-corrected chi connectivity index (χ1v) is 7.67. The molecule has 1 heterocycles. The van der Waals surface area contributed by atoms with Gasteiger partial charge in [-0.3, -0.25) is 0 Å². The number of aryl methyl sites for hydroxylation is 2. The molecular weight excluding hydrogens is 265 g/mol. The summed E-state index contributed by atoms with van der Waals surface area (Å²) in [6.07, 6.45) is 5.96. The minimum Gasteiger partial charge on any atom is -0.333 e. The molecule has 0 aliphatic rings. The van der Waals surface area contributed by atoms with Crippen molar-refractivity contribution in [2.45, 2.75) is 46.2 Å². The summed E-state index contributed by atoms with van der Waals surface area (Å²) in [7, 11) is 0. The van der Waals surface area contributed by atoms with Crippen LogP contribution in [0, 0.1) is 12.7 Å². The number of nitrogens with zero attached hydrogens (tertiary/aromatic N) is 2. The number of rotatable bonds is 7. The zero-order valence-corrected chi connectivity index (χ0v) is 13.1. The molecule has 1 aromatic carbocycles. The zero-order valence-electron chi connectivity index (χ0n) is 13.1. The molecule has 0 spiro atoms. The maximum absolute atomic E-state index is 13.4. The first kappa shape index (κ1) is 15.7. The van der Waals surface area contributed by atoms with E-state index in [0.29, 0.717) is 0 Å². The fourth-order valence-electron chi connectivity index (χ4n) is 2.60. The summed E-state index contributed by atoms with van der Waals surface area (Å²) >= 11 is 0. The van der Waals surface area contributed by atoms with Crippen molar-refractivity contribution in [1.29, 1.82) is 0 Å². The molecule has 114 valence electrons. The van der Waals surface area contributed by atoms with E-state index in [1.807, 2.05) is 25.4 Å². The molecule has 1 N–H and O–H groups in total. The van der Waals surface area contributed by atoms with Crippen molar-refractivity contribution in [1.82, 2.24) is 14.9 Å². The van der Waals surface area contributed by atoms with E-state index >= 15 is 0 Å². The maximum Gasteiger partial charge on any atom is 0.130 e. The Balaban J connectivity index is 2.39. The van der Waals surface area contributed by atoms with E-state index in [2.05, 4.69) is 28.7 Å². The number of hydrogen-bond donors (Lipinski definition) is 1. The molecular formula is C17H24FN3. The van der Waals surface area contributed by atoms with Gasteiger partial charge < -0.3 is 9.88 Å². The van der Waals surface area contributed by atoms with Gasteiger partial charge in [0.05, 0.1) is 6.04 Å². The molecule has 1 aromatic heterocycles. The molecule has 2 rings (SSSR count). The van der Waals surface area contributed by atoms with Crippen LogP contribution in [0.5, 0.6) is 0 Å². The molecule has 1 unspecified atom stereocenters. The van der Waals surface area contributed by atoms with Crippen LogP contribution in [0.15, 0.2) is 30.6 Å². The fourth-order valence-corrected chi connectivity index (χ4v) is 2.60. The van der Waals surface area contributed by atoms with E-state index in [-0.39, 0.29) is 11.9 Å². The first-order chi connectivity index (χ1) is 10.2. The van der Waals surface area contributed by atoms with Crippen molar-refractivity contribution in [2.75, 3.05) is 6.54 Å². The number of nitrogens with one attached hydrogen (secondary N) is 1. The summed E-state index contributed by atoms with van der Waals surface area (Å²) in [6.45, 7) is 8.09. The molecule has 0 bridgehead atoms. The normalized spacial score (nSPS) is 12.6. The lowest BCUT2D eigenvalue weighted by molar-refractivity contribution is 0.527. The molecule has 0 aliphatic heterocycles. The Morgan fingerprint density at radius 3 is 2.76 bits per heavy atom. The molecule has 0 saturated carbocycles. The molecule has 0 radical (unpaired) electrons. The van der Waals surface area contributed by atoms with Gasteiger partial charge in [-0.05, 0) is 49.6 Å². The van der Waals surface area contributed by atoms with E-state index in [0.717, 1.165) is 42.9 Å². The summed E-state index contributed by atoms with van der Waals surface area (Å²) in [5, 5.41) is 3.54. The second kappa shape index (κ2) is 7.36. The Hall–Kier alpha value is -1.68. The highest BCUT2D eigenvalue weighted by Gasteiger charge is 2.20. The molecule has 0 amide bonds. The monoisotopic (exact) mass is 289 g/mol. The minimum atomic E-state index is -0.192. The van der Waals surface area contributed by atoms with Gasteiger partial charge in [0.15, 0.2) is 0 Å². The van der Waals surface area contributed by atoms with Crippen LogP contribution in [-0.2, 0) is 6.54 Å². The van der Waals surface area contributed by atoms with Crippen LogP contribution >= 0.6 is 0 Å². The second-order valence-corrected chi connectivity index (χ2v) is 5.37. The summed E-state index contributed by atoms with van der Waals surface area (Å²) < 4.78 is 15.5. The predicted molar refractivity (Wildman–Crippen MR) is 83.8 cm³/mol. The summed E-state index contributed by atoms with van der Waals surface area (Å²) in [4.78, 5) is 4.53. The Morgan fingerprint density at radius 2 is 2.10 bits per heavy atom. The lowest BCUT2D eigenvalue weighted by Gasteiger charge is -2.21. The van der Waals surface area contributed by atoms with E-state index < -0.39 is 0 Å². The number of benzene rings is 1. The summed E-state index contributed by atoms with van der Waals surface area (Å²) in [5.74, 6) is 0.808. The molecule has 0 fully saturated rings. The van der Waals surface area contributed by atoms with Crippen LogP contribution in [0.1, 0.15) is 49.7 Å². The number of imidazole rings is 1. The molecule has 0 aliphatic carbocycles. The third-order valence-electron chi connectivity index (χ3n) is 3.61. The van der Waals surface area contributed by atoms with Gasteiger partial charge in [0, 0.05) is 18.9 Å². The molecule has 3 nitrogen and oxygen atoms in total. The van der Waals surface area contributed by atoms with Gasteiger partial charge in [-0.1, -0.05) is 19.9 Å². The van der Waals surface area contributed by atoms with Crippen LogP contribution < -0.4 is 5.32 Å². The third kappa shape index (κ3) is 3.70. The molecule has 1 atom stereocenters. The number of hydrogen-bond acceptors (Lipinski definition) is 2. The topological polar surface area (TPSA) is 29.9 Å². The van der Waals surface area contributed by atoms with Crippen molar-refractivity contribution in [2.24, 2.45) is 0 Å². The van der Waals surface area contributed by atoms with Crippen LogP contribution in [0.2, 0.25) is 0 Å². The Labute approximate surface area is 126 Å². The lowest BCUT2D eigenvalue weighted by atomic mass is 10.00. The smallest absolute Gasteiger partial charge is 0.130 e. The number of halogens is 1. The van der Waals surface area contributed by atoms with Crippen LogP contribution in [0.3, 0.4) is 0 Å². The van der Waals surface area contributed by atoms with E-state index in [9.17, 15) is 4.39 Å². The predicted octanol–water partition coefficient (Wildman–Crippen LogP) is 3.83.